The van der Waals surface area contributed by atoms with Crippen molar-refractivity contribution in [2.45, 2.75) is 33.1 Å². The van der Waals surface area contributed by atoms with Crippen LogP contribution in [0.1, 0.15) is 43.5 Å². The van der Waals surface area contributed by atoms with Crippen LogP contribution in [0.25, 0.3) is 10.2 Å². The van der Waals surface area contributed by atoms with Crippen molar-refractivity contribution in [3.05, 3.63) is 48.0 Å². The largest absolute Gasteiger partial charge is 0.494 e. The molecule has 156 valence electrons. The normalized spacial score (nSPS) is 10.6. The van der Waals surface area contributed by atoms with Crippen molar-refractivity contribution in [3.8, 4) is 5.75 Å². The number of carbonyl (C=O) groups excluding carboxylic acids is 3. The van der Waals surface area contributed by atoms with E-state index in [0.29, 0.717) is 23.0 Å². The number of nitrogens with one attached hydrogen (secondary N) is 2. The molecule has 0 unspecified atom stereocenters. The first-order valence-corrected chi connectivity index (χ1v) is 10.5. The molecule has 0 radical (unpaired) electrons. The van der Waals surface area contributed by atoms with Gasteiger partial charge in [0.15, 0.2) is 10.9 Å². The highest BCUT2D eigenvalue weighted by molar-refractivity contribution is 7.22. The molecule has 0 fully saturated rings. The van der Waals surface area contributed by atoms with Crippen molar-refractivity contribution in [2.75, 3.05) is 17.2 Å². The molecule has 7 nitrogen and oxygen atoms in total. The lowest BCUT2D eigenvalue weighted by atomic mass is 10.1. The number of aromatic nitrogens is 1. The second-order valence-corrected chi connectivity index (χ2v) is 7.76. The van der Waals surface area contributed by atoms with E-state index < -0.39 is 0 Å². The summed E-state index contributed by atoms with van der Waals surface area (Å²) in [6, 6.07) is 12.3. The summed E-state index contributed by atoms with van der Waals surface area (Å²) in [6.45, 7) is 4.10. The van der Waals surface area contributed by atoms with Crippen molar-refractivity contribution < 1.29 is 19.1 Å². The van der Waals surface area contributed by atoms with Crippen LogP contribution in [0.4, 0.5) is 10.8 Å². The lowest BCUT2D eigenvalue weighted by Crippen LogP contribution is -2.13. The first-order valence-electron chi connectivity index (χ1n) is 9.68. The average Bonchev–Trinajstić information content (AvgIpc) is 3.11. The minimum atomic E-state index is -0.271. The van der Waals surface area contributed by atoms with Crippen LogP contribution in [0.5, 0.6) is 5.75 Å². The van der Waals surface area contributed by atoms with Crippen LogP contribution >= 0.6 is 11.3 Å². The number of hydrogen-bond acceptors (Lipinski definition) is 6. The number of carbonyl (C=O) groups is 3. The van der Waals surface area contributed by atoms with Crippen molar-refractivity contribution in [3.63, 3.8) is 0 Å². The summed E-state index contributed by atoms with van der Waals surface area (Å²) in [5.41, 5.74) is 1.95. The van der Waals surface area contributed by atoms with Crippen molar-refractivity contribution in [2.24, 2.45) is 0 Å². The number of hydrogen-bond donors (Lipinski definition) is 2. The van der Waals surface area contributed by atoms with E-state index in [0.717, 1.165) is 22.4 Å². The van der Waals surface area contributed by atoms with Gasteiger partial charge in [-0.1, -0.05) is 18.3 Å². The molecule has 0 aliphatic carbocycles. The summed E-state index contributed by atoms with van der Waals surface area (Å²) < 4.78 is 6.35. The molecule has 0 saturated heterocycles. The highest BCUT2D eigenvalue weighted by Gasteiger charge is 2.12. The smallest absolute Gasteiger partial charge is 0.226 e. The Labute approximate surface area is 178 Å². The number of benzene rings is 2. The first-order chi connectivity index (χ1) is 14.4. The summed E-state index contributed by atoms with van der Waals surface area (Å²) in [5, 5.41) is 5.91. The standard InChI is InChI=1S/C22H23N3O4S/c1-3-12-29-17-7-4-15(5-8-17)19(27)10-11-21(28)25-22-24-18-9-6-16(23-14(2)26)13-20(18)30-22/h4-9,13H,3,10-12H2,1-2H3,(H,23,26)(H,24,25,28). The van der Waals surface area contributed by atoms with Crippen molar-refractivity contribution in [1.29, 1.82) is 0 Å². The minimum absolute atomic E-state index is 0.0694. The predicted molar refractivity (Wildman–Crippen MR) is 118 cm³/mol. The van der Waals surface area contributed by atoms with Gasteiger partial charge >= 0.3 is 0 Å². The molecule has 30 heavy (non-hydrogen) atoms. The highest BCUT2D eigenvalue weighted by Crippen LogP contribution is 2.28. The molecule has 0 bridgehead atoms. The number of anilines is 2. The molecule has 0 atom stereocenters. The Balaban J connectivity index is 1.53. The Bertz CT molecular complexity index is 1060. The second kappa shape index (κ2) is 9.98. The summed E-state index contributed by atoms with van der Waals surface area (Å²) in [4.78, 5) is 40.1. The van der Waals surface area contributed by atoms with Gasteiger partial charge in [-0.25, -0.2) is 4.98 Å². The van der Waals surface area contributed by atoms with Gasteiger partial charge in [-0.05, 0) is 48.9 Å². The molecule has 0 saturated carbocycles. The van der Waals surface area contributed by atoms with E-state index in [4.69, 9.17) is 4.74 Å². The number of thiazole rings is 1. The van der Waals surface area contributed by atoms with Crippen LogP contribution in [0.15, 0.2) is 42.5 Å². The van der Waals surface area contributed by atoms with Gasteiger partial charge in [0.05, 0.1) is 16.8 Å². The van der Waals surface area contributed by atoms with Gasteiger partial charge in [-0.2, -0.15) is 0 Å². The highest BCUT2D eigenvalue weighted by atomic mass is 32.1. The van der Waals surface area contributed by atoms with E-state index in [9.17, 15) is 14.4 Å². The molecular formula is C22H23N3O4S. The lowest BCUT2D eigenvalue weighted by molar-refractivity contribution is -0.116. The molecule has 0 spiro atoms. The first kappa shape index (κ1) is 21.4. The fourth-order valence-electron chi connectivity index (χ4n) is 2.77. The molecule has 1 heterocycles. The van der Waals surface area contributed by atoms with E-state index in [-0.39, 0.29) is 30.4 Å². The van der Waals surface area contributed by atoms with E-state index in [2.05, 4.69) is 15.6 Å². The number of nitrogens with zero attached hydrogens (tertiary/aromatic N) is 1. The number of ether oxygens (including phenoxy) is 1. The monoisotopic (exact) mass is 425 g/mol. The van der Waals surface area contributed by atoms with Crippen LogP contribution in [-0.4, -0.2) is 29.2 Å². The lowest BCUT2D eigenvalue weighted by Gasteiger charge is -2.05. The average molecular weight is 426 g/mol. The van der Waals surface area contributed by atoms with Crippen LogP contribution < -0.4 is 15.4 Å². The van der Waals surface area contributed by atoms with Gasteiger partial charge in [0.25, 0.3) is 0 Å². The summed E-state index contributed by atoms with van der Waals surface area (Å²) in [7, 11) is 0. The number of fused-ring (bicyclic) bond motifs is 1. The number of amides is 2. The third kappa shape index (κ3) is 5.87. The predicted octanol–water partition coefficient (Wildman–Crippen LogP) is 4.65. The van der Waals surface area contributed by atoms with Crippen LogP contribution in [0.2, 0.25) is 0 Å². The maximum Gasteiger partial charge on any atom is 0.226 e. The van der Waals surface area contributed by atoms with Gasteiger partial charge in [-0.3, -0.25) is 14.4 Å². The quantitative estimate of drug-likeness (QED) is 0.487. The number of rotatable bonds is 9. The van der Waals surface area contributed by atoms with Crippen molar-refractivity contribution in [1.82, 2.24) is 4.98 Å². The molecule has 1 aromatic heterocycles. The molecule has 3 rings (SSSR count). The molecule has 3 aromatic rings. The van der Waals surface area contributed by atoms with Crippen LogP contribution in [0.3, 0.4) is 0 Å². The summed E-state index contributed by atoms with van der Waals surface area (Å²) in [6.07, 6.45) is 1.10. The zero-order valence-corrected chi connectivity index (χ0v) is 17.7. The Kier molecular flexibility index (Phi) is 7.13. The second-order valence-electron chi connectivity index (χ2n) is 6.73. The number of ketones is 1. The van der Waals surface area contributed by atoms with E-state index in [1.165, 1.54) is 18.3 Å². The zero-order valence-electron chi connectivity index (χ0n) is 16.9. The van der Waals surface area contributed by atoms with E-state index >= 15 is 0 Å². The molecular weight excluding hydrogens is 402 g/mol. The van der Waals surface area contributed by atoms with Gasteiger partial charge in [0.1, 0.15) is 5.75 Å². The Morgan fingerprint density at radius 1 is 1.03 bits per heavy atom. The van der Waals surface area contributed by atoms with Gasteiger partial charge in [0.2, 0.25) is 11.8 Å². The van der Waals surface area contributed by atoms with Gasteiger partial charge in [0, 0.05) is 31.0 Å². The topological polar surface area (TPSA) is 97.4 Å². The van der Waals surface area contributed by atoms with E-state index in [1.807, 2.05) is 13.0 Å². The fraction of sp³-hybridized carbons (Fsp3) is 0.273. The molecule has 2 amide bonds. The van der Waals surface area contributed by atoms with E-state index in [1.54, 1.807) is 36.4 Å². The maximum atomic E-state index is 12.3. The third-order valence-corrected chi connectivity index (χ3v) is 5.12. The zero-order chi connectivity index (χ0) is 21.5. The minimum Gasteiger partial charge on any atom is -0.494 e. The Hall–Kier alpha value is -3.26. The van der Waals surface area contributed by atoms with Crippen molar-refractivity contribution >= 4 is 50.0 Å². The molecule has 2 N–H and O–H groups in total. The fourth-order valence-corrected chi connectivity index (χ4v) is 3.69. The Morgan fingerprint density at radius 3 is 2.50 bits per heavy atom. The van der Waals surface area contributed by atoms with Gasteiger partial charge < -0.3 is 15.4 Å². The maximum absolute atomic E-state index is 12.3. The summed E-state index contributed by atoms with van der Waals surface area (Å²) in [5.74, 6) is 0.202. The molecule has 2 aromatic carbocycles. The third-order valence-electron chi connectivity index (χ3n) is 4.18. The van der Waals surface area contributed by atoms with Crippen LogP contribution in [-0.2, 0) is 9.59 Å². The van der Waals surface area contributed by atoms with Crippen LogP contribution in [0, 0.1) is 0 Å². The molecule has 0 aliphatic rings. The molecule has 0 aliphatic heterocycles. The number of Topliss-reactive ketones (excluding diaryl/α,β-unsaturated/α-hetero) is 1. The summed E-state index contributed by atoms with van der Waals surface area (Å²) >= 11 is 1.31. The Morgan fingerprint density at radius 2 is 1.80 bits per heavy atom. The SMILES string of the molecule is CCCOc1ccc(C(=O)CCC(=O)Nc2nc3ccc(NC(C)=O)cc3s2)cc1. The van der Waals surface area contributed by atoms with Gasteiger partial charge in [-0.15, -0.1) is 0 Å². The molecule has 8 heteroatoms.